The molecule has 0 saturated carbocycles. The Bertz CT molecular complexity index is 667. The first kappa shape index (κ1) is 16.4. The van der Waals surface area contributed by atoms with Crippen LogP contribution in [0.5, 0.6) is 0 Å². The highest BCUT2D eigenvalue weighted by Gasteiger charge is 2.35. The van der Waals surface area contributed by atoms with Gasteiger partial charge in [-0.3, -0.25) is 0 Å². The molecule has 0 bridgehead atoms. The second-order valence-corrected chi connectivity index (χ2v) is 6.10. The Morgan fingerprint density at radius 3 is 2.14 bits per heavy atom. The smallest absolute Gasteiger partial charge is 0.204 e. The Balaban J connectivity index is 2.52. The summed E-state index contributed by atoms with van der Waals surface area (Å²) in [5, 5.41) is 0. The summed E-state index contributed by atoms with van der Waals surface area (Å²) in [6, 6.07) is 6.68. The molecule has 0 nitrogen and oxygen atoms in total. The fraction of sp³-hybridized carbons (Fsp3) is 0.143. The molecule has 2 aromatic rings. The van der Waals surface area contributed by atoms with Crippen molar-refractivity contribution in [3.05, 3.63) is 69.2 Å². The van der Waals surface area contributed by atoms with E-state index >= 15 is 0 Å². The zero-order chi connectivity index (χ0) is 15.8. The van der Waals surface area contributed by atoms with Gasteiger partial charge in [-0.1, -0.05) is 44.0 Å². The van der Waals surface area contributed by atoms with E-state index in [1.54, 1.807) is 0 Å². The summed E-state index contributed by atoms with van der Waals surface area (Å²) in [6.07, 6.45) is -4.55. The van der Waals surface area contributed by atoms with E-state index in [0.717, 1.165) is 18.2 Å². The molecule has 2 aromatic carbocycles. The highest BCUT2D eigenvalue weighted by Crippen LogP contribution is 2.41. The quantitative estimate of drug-likeness (QED) is 0.392. The molecule has 0 heterocycles. The molecule has 0 aliphatic heterocycles. The Morgan fingerprint density at radius 2 is 1.57 bits per heavy atom. The molecule has 0 fully saturated rings. The Hall–Kier alpha value is -0.950. The van der Waals surface area contributed by atoms with Crippen molar-refractivity contribution in [3.8, 4) is 0 Å². The zero-order valence-corrected chi connectivity index (χ0v) is 13.4. The van der Waals surface area contributed by atoms with Gasteiger partial charge in [-0.25, -0.2) is 8.78 Å². The van der Waals surface area contributed by atoms with Crippen molar-refractivity contribution >= 4 is 31.9 Å². The third-order valence-corrected chi connectivity index (χ3v) is 4.35. The fourth-order valence-electron chi connectivity index (χ4n) is 1.84. The number of benzene rings is 2. The van der Waals surface area contributed by atoms with E-state index in [-0.39, 0.29) is 15.6 Å². The third-order valence-electron chi connectivity index (χ3n) is 2.83. The molecule has 0 amide bonds. The lowest BCUT2D eigenvalue weighted by Crippen LogP contribution is -2.11. The summed E-state index contributed by atoms with van der Waals surface area (Å²) in [5.74, 6) is -2.16. The van der Waals surface area contributed by atoms with Crippen LogP contribution in [-0.4, -0.2) is 0 Å². The SMILES string of the molecule is Fc1ccc(C(Br)c2ccc(Br)cc2C(F)(F)F)cc1F. The van der Waals surface area contributed by atoms with E-state index in [4.69, 9.17) is 0 Å². The fourth-order valence-corrected chi connectivity index (χ4v) is 2.89. The van der Waals surface area contributed by atoms with Crippen LogP contribution in [0.1, 0.15) is 21.5 Å². The van der Waals surface area contributed by atoms with Crippen LogP contribution in [0.2, 0.25) is 0 Å². The molecular formula is C14H7Br2F5. The average molecular weight is 430 g/mol. The van der Waals surface area contributed by atoms with Gasteiger partial charge in [0.05, 0.1) is 10.4 Å². The van der Waals surface area contributed by atoms with Gasteiger partial charge >= 0.3 is 6.18 Å². The highest BCUT2D eigenvalue weighted by molar-refractivity contribution is 9.10. The van der Waals surface area contributed by atoms with E-state index < -0.39 is 28.2 Å². The Kier molecular flexibility index (Phi) is 4.72. The van der Waals surface area contributed by atoms with Crippen LogP contribution in [0.15, 0.2) is 40.9 Å². The zero-order valence-electron chi connectivity index (χ0n) is 10.2. The van der Waals surface area contributed by atoms with Gasteiger partial charge in [0.1, 0.15) is 0 Å². The number of halogens is 7. The first-order valence-corrected chi connectivity index (χ1v) is 7.36. The minimum atomic E-state index is -4.55. The second kappa shape index (κ2) is 6.04. The van der Waals surface area contributed by atoms with Gasteiger partial charge < -0.3 is 0 Å². The van der Waals surface area contributed by atoms with Gasteiger partial charge in [-0.15, -0.1) is 0 Å². The summed E-state index contributed by atoms with van der Waals surface area (Å²) in [5.41, 5.74) is -0.720. The van der Waals surface area contributed by atoms with E-state index in [1.807, 2.05) is 0 Å². The molecule has 112 valence electrons. The summed E-state index contributed by atoms with van der Waals surface area (Å²) >= 11 is 6.11. The van der Waals surface area contributed by atoms with Gasteiger partial charge in [-0.2, -0.15) is 13.2 Å². The molecule has 0 aliphatic rings. The monoisotopic (exact) mass is 428 g/mol. The van der Waals surface area contributed by atoms with Crippen molar-refractivity contribution in [1.82, 2.24) is 0 Å². The lowest BCUT2D eigenvalue weighted by atomic mass is 9.99. The summed E-state index contributed by atoms with van der Waals surface area (Å²) in [6.45, 7) is 0. The largest absolute Gasteiger partial charge is 0.416 e. The lowest BCUT2D eigenvalue weighted by molar-refractivity contribution is -0.138. The molecule has 0 radical (unpaired) electrons. The number of hydrogen-bond acceptors (Lipinski definition) is 0. The van der Waals surface area contributed by atoms with Crippen LogP contribution in [0.4, 0.5) is 22.0 Å². The molecule has 2 rings (SSSR count). The molecular weight excluding hydrogens is 423 g/mol. The maximum absolute atomic E-state index is 13.2. The molecule has 1 unspecified atom stereocenters. The Labute approximate surface area is 134 Å². The van der Waals surface area contributed by atoms with Crippen LogP contribution in [0.3, 0.4) is 0 Å². The van der Waals surface area contributed by atoms with E-state index in [9.17, 15) is 22.0 Å². The van der Waals surface area contributed by atoms with Crippen molar-refractivity contribution in [2.45, 2.75) is 11.0 Å². The maximum atomic E-state index is 13.2. The maximum Gasteiger partial charge on any atom is 0.416 e. The predicted octanol–water partition coefficient (Wildman–Crippen LogP) is 6.23. The van der Waals surface area contributed by atoms with Crippen LogP contribution in [0.25, 0.3) is 0 Å². The summed E-state index contributed by atoms with van der Waals surface area (Å²) in [7, 11) is 0. The molecule has 21 heavy (non-hydrogen) atoms. The second-order valence-electron chi connectivity index (χ2n) is 4.27. The molecule has 0 aliphatic carbocycles. The van der Waals surface area contributed by atoms with Gasteiger partial charge in [0.2, 0.25) is 0 Å². The molecule has 7 heteroatoms. The van der Waals surface area contributed by atoms with Crippen molar-refractivity contribution in [1.29, 1.82) is 0 Å². The minimum absolute atomic E-state index is 0.0725. The highest BCUT2D eigenvalue weighted by atomic mass is 79.9. The van der Waals surface area contributed by atoms with Crippen LogP contribution < -0.4 is 0 Å². The van der Waals surface area contributed by atoms with Gasteiger partial charge in [0.25, 0.3) is 0 Å². The first-order chi connectivity index (χ1) is 9.70. The van der Waals surface area contributed by atoms with E-state index in [1.165, 1.54) is 18.2 Å². The Morgan fingerprint density at radius 1 is 0.905 bits per heavy atom. The van der Waals surface area contributed by atoms with Gasteiger partial charge in [0.15, 0.2) is 11.6 Å². The van der Waals surface area contributed by atoms with Crippen LogP contribution in [-0.2, 0) is 6.18 Å². The third kappa shape index (κ3) is 3.63. The van der Waals surface area contributed by atoms with Gasteiger partial charge in [0, 0.05) is 4.47 Å². The lowest BCUT2D eigenvalue weighted by Gasteiger charge is -2.18. The number of hydrogen-bond donors (Lipinski definition) is 0. The summed E-state index contributed by atoms with van der Waals surface area (Å²) in [4.78, 5) is -0.905. The molecule has 0 aromatic heterocycles. The van der Waals surface area contributed by atoms with Crippen LogP contribution in [0, 0.1) is 11.6 Å². The topological polar surface area (TPSA) is 0 Å². The molecule has 0 saturated heterocycles. The normalized spacial score (nSPS) is 13.3. The molecule has 0 spiro atoms. The van der Waals surface area contributed by atoms with E-state index in [2.05, 4.69) is 31.9 Å². The summed E-state index contributed by atoms with van der Waals surface area (Å²) < 4.78 is 65.6. The standard InChI is InChI=1S/C14H7Br2F5/c15-8-2-3-9(10(6-8)14(19,20)21)13(16)7-1-4-11(17)12(18)5-7/h1-6,13H. The van der Waals surface area contributed by atoms with E-state index in [0.29, 0.717) is 0 Å². The molecule has 0 N–H and O–H groups in total. The van der Waals surface area contributed by atoms with Crippen molar-refractivity contribution in [2.75, 3.05) is 0 Å². The number of alkyl halides is 4. The predicted molar refractivity (Wildman–Crippen MR) is 76.3 cm³/mol. The first-order valence-electron chi connectivity index (χ1n) is 5.66. The molecule has 1 atom stereocenters. The minimum Gasteiger partial charge on any atom is -0.204 e. The van der Waals surface area contributed by atoms with Crippen molar-refractivity contribution in [3.63, 3.8) is 0 Å². The van der Waals surface area contributed by atoms with Crippen LogP contribution >= 0.6 is 31.9 Å². The van der Waals surface area contributed by atoms with Crippen molar-refractivity contribution in [2.24, 2.45) is 0 Å². The number of rotatable bonds is 2. The average Bonchev–Trinajstić information content (AvgIpc) is 2.40. The van der Waals surface area contributed by atoms with Gasteiger partial charge in [-0.05, 0) is 35.4 Å². The van der Waals surface area contributed by atoms with Crippen molar-refractivity contribution < 1.29 is 22.0 Å².